The number of carbonyl (C=O) groups excluding carboxylic acids is 2. The Morgan fingerprint density at radius 3 is 2.43 bits per heavy atom. The van der Waals surface area contributed by atoms with Gasteiger partial charge in [0.25, 0.3) is 11.8 Å². The van der Waals surface area contributed by atoms with Crippen LogP contribution in [0.2, 0.25) is 0 Å². The number of aryl methyl sites for hydroxylation is 1. The van der Waals surface area contributed by atoms with Gasteiger partial charge >= 0.3 is 0 Å². The Morgan fingerprint density at radius 2 is 1.71 bits per heavy atom. The molecule has 1 fully saturated rings. The highest BCUT2D eigenvalue weighted by molar-refractivity contribution is 6.05. The minimum atomic E-state index is -0.210. The zero-order chi connectivity index (χ0) is 19.9. The second-order valence-corrected chi connectivity index (χ2v) is 7.38. The van der Waals surface area contributed by atoms with Crippen LogP contribution >= 0.6 is 0 Å². The lowest BCUT2D eigenvalue weighted by atomic mass is 9.95. The highest BCUT2D eigenvalue weighted by atomic mass is 16.5. The van der Waals surface area contributed by atoms with Gasteiger partial charge in [0.2, 0.25) is 0 Å². The summed E-state index contributed by atoms with van der Waals surface area (Å²) in [4.78, 5) is 26.9. The molecule has 1 aliphatic carbocycles. The summed E-state index contributed by atoms with van der Waals surface area (Å²) in [5, 5.41) is 3.12. The van der Waals surface area contributed by atoms with Crippen molar-refractivity contribution in [1.29, 1.82) is 0 Å². The third-order valence-corrected chi connectivity index (χ3v) is 5.21. The fourth-order valence-corrected chi connectivity index (χ4v) is 3.48. The number of hydrogen-bond acceptors (Lipinski definition) is 3. The molecule has 5 nitrogen and oxygen atoms in total. The van der Waals surface area contributed by atoms with Crippen LogP contribution in [0.5, 0.6) is 5.75 Å². The third-order valence-electron chi connectivity index (χ3n) is 5.21. The number of amides is 2. The first-order valence-corrected chi connectivity index (χ1v) is 9.90. The summed E-state index contributed by atoms with van der Waals surface area (Å²) in [6.45, 7) is 1.91. The zero-order valence-corrected chi connectivity index (χ0v) is 16.6. The molecule has 2 amide bonds. The van der Waals surface area contributed by atoms with Gasteiger partial charge in [0.15, 0.2) is 6.61 Å². The SMILES string of the molecule is Cc1ccc(OCC(=O)N(C)c2ccccc2C(=O)NC2CCCCC2)cc1. The first-order chi connectivity index (χ1) is 13.5. The van der Waals surface area contributed by atoms with Crippen molar-refractivity contribution in [3.8, 4) is 5.75 Å². The second kappa shape index (κ2) is 9.40. The van der Waals surface area contributed by atoms with Crippen LogP contribution in [0.1, 0.15) is 48.0 Å². The molecule has 2 aromatic carbocycles. The highest BCUT2D eigenvalue weighted by Gasteiger charge is 2.21. The Morgan fingerprint density at radius 1 is 1.04 bits per heavy atom. The Labute approximate surface area is 166 Å². The van der Waals surface area contributed by atoms with Gasteiger partial charge in [-0.05, 0) is 44.0 Å². The first-order valence-electron chi connectivity index (χ1n) is 9.90. The topological polar surface area (TPSA) is 58.6 Å². The van der Waals surface area contributed by atoms with Crippen LogP contribution in [-0.4, -0.2) is 31.5 Å². The van der Waals surface area contributed by atoms with E-state index in [4.69, 9.17) is 4.74 Å². The van der Waals surface area contributed by atoms with E-state index in [1.807, 2.05) is 43.3 Å². The number of nitrogens with zero attached hydrogens (tertiary/aromatic N) is 1. The van der Waals surface area contributed by atoms with Gasteiger partial charge in [-0.3, -0.25) is 9.59 Å². The molecule has 1 aliphatic rings. The van der Waals surface area contributed by atoms with Crippen LogP contribution in [0.4, 0.5) is 5.69 Å². The zero-order valence-electron chi connectivity index (χ0n) is 16.6. The number of carbonyl (C=O) groups is 2. The number of hydrogen-bond donors (Lipinski definition) is 1. The van der Waals surface area contributed by atoms with Crippen molar-refractivity contribution in [1.82, 2.24) is 5.32 Å². The van der Waals surface area contributed by atoms with Crippen LogP contribution in [0, 0.1) is 6.92 Å². The van der Waals surface area contributed by atoms with Crippen molar-refractivity contribution >= 4 is 17.5 Å². The fourth-order valence-electron chi connectivity index (χ4n) is 3.48. The van der Waals surface area contributed by atoms with Gasteiger partial charge in [-0.2, -0.15) is 0 Å². The molecule has 5 heteroatoms. The van der Waals surface area contributed by atoms with Crippen molar-refractivity contribution in [3.05, 3.63) is 59.7 Å². The molecule has 28 heavy (non-hydrogen) atoms. The number of nitrogens with one attached hydrogen (secondary N) is 1. The van der Waals surface area contributed by atoms with Crippen LogP contribution in [0.15, 0.2) is 48.5 Å². The Kier molecular flexibility index (Phi) is 6.69. The minimum Gasteiger partial charge on any atom is -0.484 e. The highest BCUT2D eigenvalue weighted by Crippen LogP contribution is 2.22. The molecule has 0 atom stereocenters. The Balaban J connectivity index is 1.65. The predicted octanol–water partition coefficient (Wildman–Crippen LogP) is 4.10. The average Bonchev–Trinajstić information content (AvgIpc) is 2.73. The fraction of sp³-hybridized carbons (Fsp3) is 0.391. The third kappa shape index (κ3) is 5.12. The lowest BCUT2D eigenvalue weighted by Gasteiger charge is -2.25. The van der Waals surface area contributed by atoms with Crippen molar-refractivity contribution in [3.63, 3.8) is 0 Å². The molecule has 0 aromatic heterocycles. The molecule has 0 radical (unpaired) electrons. The van der Waals surface area contributed by atoms with Crippen molar-refractivity contribution in [2.45, 2.75) is 45.1 Å². The lowest BCUT2D eigenvalue weighted by Crippen LogP contribution is -2.38. The van der Waals surface area contributed by atoms with E-state index < -0.39 is 0 Å². The van der Waals surface area contributed by atoms with Gasteiger partial charge in [0.05, 0.1) is 11.3 Å². The van der Waals surface area contributed by atoms with Gasteiger partial charge < -0.3 is 15.0 Å². The maximum absolute atomic E-state index is 12.8. The van der Waals surface area contributed by atoms with E-state index in [1.165, 1.54) is 11.3 Å². The van der Waals surface area contributed by atoms with Gasteiger partial charge in [-0.1, -0.05) is 49.1 Å². The number of rotatable bonds is 6. The molecule has 0 aliphatic heterocycles. The molecule has 0 spiro atoms. The van der Waals surface area contributed by atoms with Gasteiger partial charge in [-0.15, -0.1) is 0 Å². The normalized spacial score (nSPS) is 14.4. The number of anilines is 1. The van der Waals surface area contributed by atoms with Crippen molar-refractivity contribution in [2.75, 3.05) is 18.6 Å². The number of likely N-dealkylation sites (N-methyl/N-ethyl adjacent to an activating group) is 1. The number of benzene rings is 2. The molecule has 3 rings (SSSR count). The van der Waals surface area contributed by atoms with E-state index in [0.29, 0.717) is 17.0 Å². The summed E-state index contributed by atoms with van der Waals surface area (Å²) >= 11 is 0. The second-order valence-electron chi connectivity index (χ2n) is 7.38. The standard InChI is InChI=1S/C23H28N2O3/c1-17-12-14-19(15-13-17)28-16-22(26)25(2)21-11-7-6-10-20(21)23(27)24-18-8-4-3-5-9-18/h6-7,10-15,18H,3-5,8-9,16H2,1-2H3,(H,24,27). The summed E-state index contributed by atoms with van der Waals surface area (Å²) in [5.41, 5.74) is 2.24. The number of ether oxygens (including phenoxy) is 1. The molecule has 1 saturated carbocycles. The van der Waals surface area contributed by atoms with E-state index in [1.54, 1.807) is 19.2 Å². The molecule has 1 N–H and O–H groups in total. The molecule has 2 aromatic rings. The Hall–Kier alpha value is -2.82. The maximum Gasteiger partial charge on any atom is 0.264 e. The van der Waals surface area contributed by atoms with E-state index in [0.717, 1.165) is 31.2 Å². The quantitative estimate of drug-likeness (QED) is 0.821. The van der Waals surface area contributed by atoms with Crippen LogP contribution in [0.3, 0.4) is 0 Å². The molecular formula is C23H28N2O3. The monoisotopic (exact) mass is 380 g/mol. The van der Waals surface area contributed by atoms with Crippen LogP contribution < -0.4 is 15.0 Å². The van der Waals surface area contributed by atoms with Crippen LogP contribution in [-0.2, 0) is 4.79 Å². The Bertz CT molecular complexity index is 811. The molecule has 0 saturated heterocycles. The van der Waals surface area contributed by atoms with E-state index in [2.05, 4.69) is 5.32 Å². The maximum atomic E-state index is 12.8. The van der Waals surface area contributed by atoms with Crippen LogP contribution in [0.25, 0.3) is 0 Å². The average molecular weight is 380 g/mol. The first kappa shape index (κ1) is 19.9. The molecule has 0 bridgehead atoms. The minimum absolute atomic E-state index is 0.0852. The van der Waals surface area contributed by atoms with E-state index in [-0.39, 0.29) is 24.5 Å². The summed E-state index contributed by atoms with van der Waals surface area (Å²) in [7, 11) is 1.67. The predicted molar refractivity (Wildman–Crippen MR) is 111 cm³/mol. The smallest absolute Gasteiger partial charge is 0.264 e. The van der Waals surface area contributed by atoms with Crippen molar-refractivity contribution in [2.24, 2.45) is 0 Å². The van der Waals surface area contributed by atoms with E-state index >= 15 is 0 Å². The number of para-hydroxylation sites is 1. The lowest BCUT2D eigenvalue weighted by molar-refractivity contribution is -0.120. The molecular weight excluding hydrogens is 352 g/mol. The summed E-state index contributed by atoms with van der Waals surface area (Å²) in [6.07, 6.45) is 5.59. The van der Waals surface area contributed by atoms with Gasteiger partial charge in [-0.25, -0.2) is 0 Å². The van der Waals surface area contributed by atoms with Crippen molar-refractivity contribution < 1.29 is 14.3 Å². The van der Waals surface area contributed by atoms with E-state index in [9.17, 15) is 9.59 Å². The summed E-state index contributed by atoms with van der Waals surface area (Å²) in [6, 6.07) is 15.0. The summed E-state index contributed by atoms with van der Waals surface area (Å²) < 4.78 is 5.60. The van der Waals surface area contributed by atoms with Gasteiger partial charge in [0, 0.05) is 13.1 Å². The largest absolute Gasteiger partial charge is 0.484 e. The molecule has 0 heterocycles. The molecule has 148 valence electrons. The summed E-state index contributed by atoms with van der Waals surface area (Å²) in [5.74, 6) is 0.316. The van der Waals surface area contributed by atoms with Gasteiger partial charge in [0.1, 0.15) is 5.75 Å². The molecule has 0 unspecified atom stereocenters.